The van der Waals surface area contributed by atoms with Crippen LogP contribution in [0.2, 0.25) is 0 Å². The Hall–Kier alpha value is -0.370. The quantitative estimate of drug-likeness (QED) is 0.747. The summed E-state index contributed by atoms with van der Waals surface area (Å²) in [6, 6.07) is 0.196. The fourth-order valence-corrected chi connectivity index (χ4v) is 3.97. The number of nitrogens with zero attached hydrogens (tertiary/aromatic N) is 1. The Balaban J connectivity index is 0.00000180. The van der Waals surface area contributed by atoms with Gasteiger partial charge in [-0.15, -0.1) is 12.4 Å². The average molecular weight is 312 g/mol. The predicted molar refractivity (Wildman–Crippen MR) is 75.9 cm³/mol. The highest BCUT2D eigenvalue weighted by Gasteiger charge is 2.28. The summed E-state index contributed by atoms with van der Waals surface area (Å²) in [6.45, 7) is 2.70. The smallest absolute Gasteiger partial charge is 0.221 e. The molecule has 2 aliphatic heterocycles. The highest BCUT2D eigenvalue weighted by Crippen LogP contribution is 2.13. The van der Waals surface area contributed by atoms with Gasteiger partial charge < -0.3 is 10.6 Å². The maximum atomic E-state index is 11.7. The highest BCUT2D eigenvalue weighted by molar-refractivity contribution is 7.89. The van der Waals surface area contributed by atoms with Crippen LogP contribution in [-0.4, -0.2) is 56.6 Å². The van der Waals surface area contributed by atoms with Gasteiger partial charge in [0.25, 0.3) is 0 Å². The minimum atomic E-state index is -3.07. The van der Waals surface area contributed by atoms with E-state index in [0.29, 0.717) is 19.5 Å². The second-order valence-corrected chi connectivity index (χ2v) is 7.02. The van der Waals surface area contributed by atoms with Crippen LogP contribution in [0.5, 0.6) is 0 Å². The van der Waals surface area contributed by atoms with Gasteiger partial charge in [-0.1, -0.05) is 0 Å². The van der Waals surface area contributed by atoms with Gasteiger partial charge in [-0.05, 0) is 25.8 Å². The Labute approximate surface area is 120 Å². The number of rotatable bonds is 4. The summed E-state index contributed by atoms with van der Waals surface area (Å²) in [6.07, 6.45) is 3.01. The van der Waals surface area contributed by atoms with E-state index in [-0.39, 0.29) is 36.5 Å². The number of hydrogen-bond acceptors (Lipinski definition) is 4. The number of sulfonamides is 1. The molecule has 1 amide bonds. The molecule has 0 aromatic carbocycles. The van der Waals surface area contributed by atoms with E-state index < -0.39 is 10.0 Å². The van der Waals surface area contributed by atoms with Crippen molar-refractivity contribution in [2.75, 3.05) is 31.9 Å². The minimum Gasteiger partial charge on any atom is -0.352 e. The van der Waals surface area contributed by atoms with Crippen LogP contribution in [0.25, 0.3) is 0 Å². The highest BCUT2D eigenvalue weighted by atomic mass is 35.5. The summed E-state index contributed by atoms with van der Waals surface area (Å²) in [5.74, 6) is 0.173. The van der Waals surface area contributed by atoms with Crippen LogP contribution >= 0.6 is 12.4 Å². The van der Waals surface area contributed by atoms with Gasteiger partial charge in [0.05, 0.1) is 5.75 Å². The molecule has 0 aromatic rings. The van der Waals surface area contributed by atoms with E-state index in [0.717, 1.165) is 25.9 Å². The number of piperidine rings is 1. The monoisotopic (exact) mass is 311 g/mol. The third-order valence-corrected chi connectivity index (χ3v) is 5.41. The van der Waals surface area contributed by atoms with Crippen LogP contribution in [0.3, 0.4) is 0 Å². The van der Waals surface area contributed by atoms with Crippen molar-refractivity contribution < 1.29 is 13.2 Å². The largest absolute Gasteiger partial charge is 0.352 e. The molecule has 0 bridgehead atoms. The van der Waals surface area contributed by atoms with E-state index in [2.05, 4.69) is 10.6 Å². The van der Waals surface area contributed by atoms with Gasteiger partial charge in [0, 0.05) is 32.1 Å². The Kier molecular flexibility index (Phi) is 6.52. The standard InChI is InChI=1S/C11H21N3O3S.ClH/c15-11(13-10-3-1-5-12-9-10)4-7-14-6-2-8-18(14,16)17;/h10,12H,1-9H2,(H,13,15);1H. The SMILES string of the molecule is Cl.O=C(CCN1CCCS1(=O)=O)NC1CCCNC1. The van der Waals surface area contributed by atoms with Gasteiger partial charge in [-0.2, -0.15) is 0 Å². The third kappa shape index (κ3) is 4.91. The number of carbonyl (C=O) groups excluding carboxylic acids is 1. The molecule has 2 saturated heterocycles. The van der Waals surface area contributed by atoms with E-state index in [4.69, 9.17) is 0 Å². The van der Waals surface area contributed by atoms with Crippen LogP contribution in [0.15, 0.2) is 0 Å². The lowest BCUT2D eigenvalue weighted by atomic mass is 10.1. The molecule has 6 nitrogen and oxygen atoms in total. The number of hydrogen-bond donors (Lipinski definition) is 2. The molecule has 1 atom stereocenters. The molecule has 8 heteroatoms. The first-order valence-corrected chi connectivity index (χ1v) is 8.17. The van der Waals surface area contributed by atoms with E-state index in [9.17, 15) is 13.2 Å². The molecule has 112 valence electrons. The molecule has 0 radical (unpaired) electrons. The second-order valence-electron chi connectivity index (χ2n) is 4.93. The molecule has 2 heterocycles. The maximum absolute atomic E-state index is 11.7. The van der Waals surface area contributed by atoms with E-state index in [1.54, 1.807) is 0 Å². The predicted octanol–water partition coefficient (Wildman–Crippen LogP) is -0.298. The van der Waals surface area contributed by atoms with Crippen molar-refractivity contribution in [1.82, 2.24) is 14.9 Å². The van der Waals surface area contributed by atoms with Crippen molar-refractivity contribution >= 4 is 28.3 Å². The topological polar surface area (TPSA) is 78.5 Å². The summed E-state index contributed by atoms with van der Waals surface area (Å²) in [4.78, 5) is 11.7. The summed E-state index contributed by atoms with van der Waals surface area (Å²) >= 11 is 0. The zero-order chi connectivity index (χ0) is 13.0. The molecule has 2 aliphatic rings. The van der Waals surface area contributed by atoms with E-state index in [1.165, 1.54) is 4.31 Å². The van der Waals surface area contributed by atoms with Crippen molar-refractivity contribution in [2.24, 2.45) is 0 Å². The fourth-order valence-electron chi connectivity index (χ4n) is 2.44. The van der Waals surface area contributed by atoms with Crippen molar-refractivity contribution in [3.63, 3.8) is 0 Å². The Morgan fingerprint density at radius 3 is 2.74 bits per heavy atom. The van der Waals surface area contributed by atoms with Crippen LogP contribution in [0, 0.1) is 0 Å². The van der Waals surface area contributed by atoms with E-state index in [1.807, 2.05) is 0 Å². The summed E-state index contributed by atoms with van der Waals surface area (Å²) in [5.41, 5.74) is 0. The molecule has 0 saturated carbocycles. The molecule has 0 spiro atoms. The minimum absolute atomic E-state index is 0. The zero-order valence-corrected chi connectivity index (χ0v) is 12.6. The molecule has 0 aromatic heterocycles. The molecule has 2 fully saturated rings. The van der Waals surface area contributed by atoms with Crippen molar-refractivity contribution in [2.45, 2.75) is 31.7 Å². The van der Waals surface area contributed by atoms with E-state index >= 15 is 0 Å². The number of halogens is 1. The number of nitrogens with one attached hydrogen (secondary N) is 2. The normalized spacial score (nSPS) is 26.6. The molecular formula is C11H22ClN3O3S. The molecule has 19 heavy (non-hydrogen) atoms. The van der Waals surface area contributed by atoms with Crippen LogP contribution in [0.1, 0.15) is 25.7 Å². The lowest BCUT2D eigenvalue weighted by Gasteiger charge is -2.24. The number of carbonyl (C=O) groups is 1. The van der Waals surface area contributed by atoms with Crippen LogP contribution in [0.4, 0.5) is 0 Å². The Bertz CT molecular complexity index is 396. The molecule has 2 N–H and O–H groups in total. The van der Waals surface area contributed by atoms with Crippen molar-refractivity contribution in [1.29, 1.82) is 0 Å². The maximum Gasteiger partial charge on any atom is 0.221 e. The molecule has 1 unspecified atom stereocenters. The van der Waals surface area contributed by atoms with Gasteiger partial charge >= 0.3 is 0 Å². The van der Waals surface area contributed by atoms with Crippen LogP contribution < -0.4 is 10.6 Å². The lowest BCUT2D eigenvalue weighted by molar-refractivity contribution is -0.122. The van der Waals surface area contributed by atoms with Gasteiger partial charge in [0.15, 0.2) is 0 Å². The lowest BCUT2D eigenvalue weighted by Crippen LogP contribution is -2.46. The van der Waals surface area contributed by atoms with Gasteiger partial charge in [-0.25, -0.2) is 12.7 Å². The zero-order valence-electron chi connectivity index (χ0n) is 10.9. The van der Waals surface area contributed by atoms with Crippen LogP contribution in [-0.2, 0) is 14.8 Å². The third-order valence-electron chi connectivity index (χ3n) is 3.45. The van der Waals surface area contributed by atoms with Gasteiger partial charge in [0.2, 0.25) is 15.9 Å². The summed E-state index contributed by atoms with van der Waals surface area (Å²) in [5, 5.41) is 6.18. The first-order valence-electron chi connectivity index (χ1n) is 6.56. The number of amides is 1. The summed E-state index contributed by atoms with van der Waals surface area (Å²) in [7, 11) is -3.07. The fraction of sp³-hybridized carbons (Fsp3) is 0.909. The van der Waals surface area contributed by atoms with Crippen molar-refractivity contribution in [3.05, 3.63) is 0 Å². The Morgan fingerprint density at radius 2 is 2.16 bits per heavy atom. The molecule has 0 aliphatic carbocycles. The van der Waals surface area contributed by atoms with Gasteiger partial charge in [-0.3, -0.25) is 4.79 Å². The molecular weight excluding hydrogens is 290 g/mol. The second kappa shape index (κ2) is 7.42. The average Bonchev–Trinajstić information content (AvgIpc) is 2.67. The Morgan fingerprint density at radius 1 is 1.37 bits per heavy atom. The van der Waals surface area contributed by atoms with Crippen molar-refractivity contribution in [3.8, 4) is 0 Å². The first-order chi connectivity index (χ1) is 8.58. The summed E-state index contributed by atoms with van der Waals surface area (Å²) < 4.78 is 24.5. The van der Waals surface area contributed by atoms with Gasteiger partial charge in [0.1, 0.15) is 0 Å². The first kappa shape index (κ1) is 16.7. The molecule has 2 rings (SSSR count).